The summed E-state index contributed by atoms with van der Waals surface area (Å²) in [6, 6.07) is 6.37. The Morgan fingerprint density at radius 1 is 1.16 bits per heavy atom. The van der Waals surface area contributed by atoms with Crippen molar-refractivity contribution in [2.75, 3.05) is 12.4 Å². The Kier molecular flexibility index (Phi) is 4.39. The van der Waals surface area contributed by atoms with Crippen LogP contribution in [0.2, 0.25) is 0 Å². The van der Waals surface area contributed by atoms with Crippen molar-refractivity contribution >= 4 is 5.69 Å². The van der Waals surface area contributed by atoms with Gasteiger partial charge in [0.1, 0.15) is 0 Å². The minimum absolute atomic E-state index is 0.191. The number of benzene rings is 1. The molecule has 1 heterocycles. The molecule has 2 aromatic rings. The summed E-state index contributed by atoms with van der Waals surface area (Å²) >= 11 is 0. The Labute approximate surface area is 113 Å². The van der Waals surface area contributed by atoms with Gasteiger partial charge in [-0.15, -0.1) is 5.10 Å². The van der Waals surface area contributed by atoms with E-state index in [-0.39, 0.29) is 6.08 Å². The smallest absolute Gasteiger partial charge is 0.414 e. The van der Waals surface area contributed by atoms with E-state index >= 15 is 0 Å². The molecule has 2 rings (SSSR count). The third-order valence-electron chi connectivity index (χ3n) is 3.04. The first-order valence-electron chi connectivity index (χ1n) is 6.49. The van der Waals surface area contributed by atoms with Gasteiger partial charge in [0.15, 0.2) is 0 Å². The van der Waals surface area contributed by atoms with E-state index in [0.29, 0.717) is 12.4 Å². The number of methoxy groups -OCH3 is 1. The molecule has 0 atom stereocenters. The topological polar surface area (TPSA) is 60.2 Å². The normalized spacial score (nSPS) is 10.5. The van der Waals surface area contributed by atoms with Crippen molar-refractivity contribution in [3.63, 3.8) is 0 Å². The van der Waals surface area contributed by atoms with Crippen LogP contribution in [0.1, 0.15) is 30.9 Å². The highest BCUT2D eigenvalue weighted by Gasteiger charge is 2.09. The summed E-state index contributed by atoms with van der Waals surface area (Å²) in [5.41, 5.74) is 3.77. The van der Waals surface area contributed by atoms with E-state index in [4.69, 9.17) is 9.15 Å². The van der Waals surface area contributed by atoms with Crippen molar-refractivity contribution in [1.29, 1.82) is 0 Å². The molecule has 5 nitrogen and oxygen atoms in total. The van der Waals surface area contributed by atoms with E-state index in [1.807, 2.05) is 0 Å². The largest absolute Gasteiger partial charge is 0.452 e. The zero-order chi connectivity index (χ0) is 13.7. The second-order valence-electron chi connectivity index (χ2n) is 4.18. The maximum absolute atomic E-state index is 5.29. The number of aromatic nitrogens is 2. The van der Waals surface area contributed by atoms with Gasteiger partial charge in [-0.25, -0.2) is 0 Å². The number of ether oxygens (including phenoxy) is 1. The van der Waals surface area contributed by atoms with Crippen LogP contribution >= 0.6 is 0 Å². The van der Waals surface area contributed by atoms with E-state index in [0.717, 1.165) is 12.8 Å². The molecule has 0 fully saturated rings. The van der Waals surface area contributed by atoms with Gasteiger partial charge < -0.3 is 14.5 Å². The first-order valence-corrected chi connectivity index (χ1v) is 6.49. The molecular formula is C14H19N3O2. The van der Waals surface area contributed by atoms with Crippen molar-refractivity contribution in [2.24, 2.45) is 0 Å². The van der Waals surface area contributed by atoms with Crippen LogP contribution in [-0.2, 0) is 19.4 Å². The Hall–Kier alpha value is -2.04. The van der Waals surface area contributed by atoms with Gasteiger partial charge in [0.25, 0.3) is 0 Å². The molecule has 0 aliphatic carbocycles. The molecule has 0 bridgehead atoms. The predicted molar refractivity (Wildman–Crippen MR) is 73.4 cm³/mol. The van der Waals surface area contributed by atoms with Crippen LogP contribution in [0.5, 0.6) is 6.08 Å². The van der Waals surface area contributed by atoms with Crippen LogP contribution in [0.4, 0.5) is 5.69 Å². The summed E-state index contributed by atoms with van der Waals surface area (Å²) < 4.78 is 10.2. The van der Waals surface area contributed by atoms with E-state index in [2.05, 4.69) is 47.6 Å². The second kappa shape index (κ2) is 6.22. The molecule has 0 spiro atoms. The average molecular weight is 261 g/mol. The third-order valence-corrected chi connectivity index (χ3v) is 3.04. The molecule has 1 aromatic carbocycles. The molecule has 0 saturated heterocycles. The lowest BCUT2D eigenvalue weighted by Gasteiger charge is -2.13. The lowest BCUT2D eigenvalue weighted by atomic mass is 10.0. The molecule has 0 amide bonds. The van der Waals surface area contributed by atoms with E-state index in [1.54, 1.807) is 0 Å². The molecule has 0 unspecified atom stereocenters. The minimum Gasteiger partial charge on any atom is -0.452 e. The van der Waals surface area contributed by atoms with Crippen molar-refractivity contribution < 1.29 is 9.15 Å². The van der Waals surface area contributed by atoms with Crippen molar-refractivity contribution in [3.8, 4) is 6.08 Å². The first kappa shape index (κ1) is 13.4. The molecule has 0 aliphatic heterocycles. The Morgan fingerprint density at radius 3 is 2.37 bits per heavy atom. The Balaban J connectivity index is 2.13. The SMILES string of the molecule is CCc1cccc(CC)c1NCc1nnc(OC)o1. The lowest BCUT2D eigenvalue weighted by Crippen LogP contribution is -2.05. The minimum atomic E-state index is 0.191. The molecule has 1 aromatic heterocycles. The highest BCUT2D eigenvalue weighted by molar-refractivity contribution is 5.57. The summed E-state index contributed by atoms with van der Waals surface area (Å²) in [5.74, 6) is 0.518. The second-order valence-corrected chi connectivity index (χ2v) is 4.18. The van der Waals surface area contributed by atoms with Gasteiger partial charge in [-0.1, -0.05) is 37.1 Å². The number of aryl methyl sites for hydroxylation is 2. The summed E-state index contributed by atoms with van der Waals surface area (Å²) in [4.78, 5) is 0. The van der Waals surface area contributed by atoms with Gasteiger partial charge in [-0.2, -0.15) is 0 Å². The van der Waals surface area contributed by atoms with Gasteiger partial charge in [0, 0.05) is 5.69 Å². The first-order chi connectivity index (χ1) is 9.28. The van der Waals surface area contributed by atoms with Gasteiger partial charge >= 0.3 is 6.08 Å². The number of hydrogen-bond donors (Lipinski definition) is 1. The summed E-state index contributed by atoms with van der Waals surface area (Å²) in [6.45, 7) is 4.80. The van der Waals surface area contributed by atoms with E-state index in [9.17, 15) is 0 Å². The average Bonchev–Trinajstić information content (AvgIpc) is 2.92. The van der Waals surface area contributed by atoms with Crippen LogP contribution in [0.3, 0.4) is 0 Å². The van der Waals surface area contributed by atoms with Crippen LogP contribution < -0.4 is 10.1 Å². The molecular weight excluding hydrogens is 242 g/mol. The van der Waals surface area contributed by atoms with Crippen LogP contribution in [0.25, 0.3) is 0 Å². The van der Waals surface area contributed by atoms with Crippen molar-refractivity contribution in [3.05, 3.63) is 35.2 Å². The third kappa shape index (κ3) is 3.05. The highest BCUT2D eigenvalue weighted by atomic mass is 16.6. The fourth-order valence-electron chi connectivity index (χ4n) is 2.03. The van der Waals surface area contributed by atoms with Crippen LogP contribution in [-0.4, -0.2) is 17.3 Å². The van der Waals surface area contributed by atoms with Gasteiger partial charge in [0.05, 0.1) is 13.7 Å². The quantitative estimate of drug-likeness (QED) is 0.866. The monoisotopic (exact) mass is 261 g/mol. The zero-order valence-corrected chi connectivity index (χ0v) is 11.6. The Morgan fingerprint density at radius 2 is 1.84 bits per heavy atom. The van der Waals surface area contributed by atoms with Crippen LogP contribution in [0, 0.1) is 0 Å². The molecule has 0 radical (unpaired) electrons. The number of para-hydroxylation sites is 1. The zero-order valence-electron chi connectivity index (χ0n) is 11.6. The maximum atomic E-state index is 5.29. The molecule has 0 saturated carbocycles. The van der Waals surface area contributed by atoms with Gasteiger partial charge in [-0.05, 0) is 24.0 Å². The number of anilines is 1. The van der Waals surface area contributed by atoms with Gasteiger partial charge in [0.2, 0.25) is 5.89 Å². The molecule has 0 aliphatic rings. The van der Waals surface area contributed by atoms with E-state index < -0.39 is 0 Å². The van der Waals surface area contributed by atoms with Crippen molar-refractivity contribution in [1.82, 2.24) is 10.2 Å². The number of hydrogen-bond acceptors (Lipinski definition) is 5. The standard InChI is InChI=1S/C14H19N3O2/c1-4-10-7-6-8-11(5-2)13(10)15-9-12-16-17-14(18-3)19-12/h6-8,15H,4-5,9H2,1-3H3. The molecule has 19 heavy (non-hydrogen) atoms. The lowest BCUT2D eigenvalue weighted by molar-refractivity contribution is 0.282. The fraction of sp³-hybridized carbons (Fsp3) is 0.429. The summed E-state index contributed by atoms with van der Waals surface area (Å²) in [7, 11) is 1.51. The van der Waals surface area contributed by atoms with E-state index in [1.165, 1.54) is 23.9 Å². The van der Waals surface area contributed by atoms with Crippen molar-refractivity contribution in [2.45, 2.75) is 33.2 Å². The fourth-order valence-corrected chi connectivity index (χ4v) is 2.03. The molecule has 1 N–H and O–H groups in total. The highest BCUT2D eigenvalue weighted by Crippen LogP contribution is 2.23. The summed E-state index contributed by atoms with van der Waals surface area (Å²) in [5, 5.41) is 11.0. The molecule has 102 valence electrons. The molecule has 5 heteroatoms. The summed E-state index contributed by atoms with van der Waals surface area (Å²) in [6.07, 6.45) is 2.17. The van der Waals surface area contributed by atoms with Gasteiger partial charge in [-0.3, -0.25) is 0 Å². The number of nitrogens with one attached hydrogen (secondary N) is 1. The Bertz CT molecular complexity index is 515. The maximum Gasteiger partial charge on any atom is 0.414 e. The predicted octanol–water partition coefficient (Wildman–Crippen LogP) is 2.82. The number of nitrogens with zero attached hydrogens (tertiary/aromatic N) is 2. The van der Waals surface area contributed by atoms with Crippen LogP contribution in [0.15, 0.2) is 22.6 Å². The number of rotatable bonds is 6.